The van der Waals surface area contributed by atoms with Crippen molar-refractivity contribution in [3.8, 4) is 22.8 Å². The fraction of sp³-hybridized carbons (Fsp3) is 0.190. The maximum absolute atomic E-state index is 6.29. The van der Waals surface area contributed by atoms with Crippen molar-refractivity contribution in [2.45, 2.75) is 17.7 Å². The quantitative estimate of drug-likeness (QED) is 0.339. The number of ether oxygens (including phenoxy) is 2. The Bertz CT molecular complexity index is 1180. The van der Waals surface area contributed by atoms with Crippen LogP contribution in [-0.4, -0.2) is 29.4 Å². The van der Waals surface area contributed by atoms with Crippen LogP contribution >= 0.6 is 34.7 Å². The summed E-state index contributed by atoms with van der Waals surface area (Å²) in [6.07, 6.45) is 0. The number of nitrogens with zero attached hydrogens (tertiary/aromatic N) is 3. The van der Waals surface area contributed by atoms with Crippen molar-refractivity contribution in [3.05, 3.63) is 58.1 Å². The van der Waals surface area contributed by atoms with E-state index in [1.54, 1.807) is 37.3 Å². The summed E-state index contributed by atoms with van der Waals surface area (Å²) in [7, 11) is 3.24. The number of thioether (sulfide) groups is 1. The van der Waals surface area contributed by atoms with Crippen molar-refractivity contribution in [1.29, 1.82) is 0 Å². The summed E-state index contributed by atoms with van der Waals surface area (Å²) in [5, 5.41) is 11.5. The highest BCUT2D eigenvalue weighted by Crippen LogP contribution is 2.39. The zero-order valence-corrected chi connectivity index (χ0v) is 18.5. The molecule has 29 heavy (non-hydrogen) atoms. The fourth-order valence-electron chi connectivity index (χ4n) is 2.95. The molecule has 2 aromatic heterocycles. The summed E-state index contributed by atoms with van der Waals surface area (Å²) in [4.78, 5) is 4.72. The monoisotopic (exact) mass is 443 g/mol. The molecule has 2 aromatic carbocycles. The molecule has 0 saturated heterocycles. The van der Waals surface area contributed by atoms with Gasteiger partial charge in [0.15, 0.2) is 11.5 Å². The Morgan fingerprint density at radius 3 is 2.59 bits per heavy atom. The van der Waals surface area contributed by atoms with Crippen LogP contribution in [0.2, 0.25) is 5.02 Å². The molecule has 148 valence electrons. The molecule has 4 rings (SSSR count). The molecule has 0 spiro atoms. The SMILES string of the molecule is COc1ccc(-c2nnc(SCc3ccccc3Cl)c3nc(C)sc23)cc1OC. The Labute approximate surface area is 182 Å². The smallest absolute Gasteiger partial charge is 0.161 e. The molecule has 0 atom stereocenters. The molecular formula is C21H18ClN3O2S2. The third-order valence-electron chi connectivity index (χ3n) is 4.37. The second-order valence-corrected chi connectivity index (χ2v) is 8.79. The van der Waals surface area contributed by atoms with E-state index in [0.29, 0.717) is 17.3 Å². The van der Waals surface area contributed by atoms with Gasteiger partial charge in [0.2, 0.25) is 0 Å². The van der Waals surface area contributed by atoms with Gasteiger partial charge >= 0.3 is 0 Å². The second-order valence-electron chi connectivity index (χ2n) is 6.21. The fourth-order valence-corrected chi connectivity index (χ4v) is 5.15. The minimum atomic E-state index is 0.651. The molecule has 5 nitrogen and oxygen atoms in total. The van der Waals surface area contributed by atoms with Crippen molar-refractivity contribution in [2.24, 2.45) is 0 Å². The summed E-state index contributed by atoms with van der Waals surface area (Å²) in [6, 6.07) is 13.6. The topological polar surface area (TPSA) is 57.1 Å². The van der Waals surface area contributed by atoms with Crippen molar-refractivity contribution in [2.75, 3.05) is 14.2 Å². The van der Waals surface area contributed by atoms with Gasteiger partial charge in [-0.1, -0.05) is 41.6 Å². The molecule has 0 fully saturated rings. The Kier molecular flexibility index (Phi) is 5.89. The molecule has 0 radical (unpaired) electrons. The van der Waals surface area contributed by atoms with Crippen LogP contribution in [0, 0.1) is 6.92 Å². The van der Waals surface area contributed by atoms with E-state index in [1.807, 2.05) is 49.4 Å². The van der Waals surface area contributed by atoms with Gasteiger partial charge in [-0.2, -0.15) is 0 Å². The molecule has 0 bridgehead atoms. The van der Waals surface area contributed by atoms with E-state index in [4.69, 9.17) is 26.1 Å². The number of hydrogen-bond acceptors (Lipinski definition) is 7. The molecular weight excluding hydrogens is 426 g/mol. The average molecular weight is 444 g/mol. The number of fused-ring (bicyclic) bond motifs is 1. The lowest BCUT2D eigenvalue weighted by atomic mass is 10.1. The predicted octanol–water partition coefficient (Wildman–Crippen LogP) is 6.02. The van der Waals surface area contributed by atoms with Crippen LogP contribution in [0.5, 0.6) is 11.5 Å². The molecule has 4 aromatic rings. The van der Waals surface area contributed by atoms with Gasteiger partial charge in [0, 0.05) is 16.3 Å². The van der Waals surface area contributed by atoms with Crippen LogP contribution in [0.15, 0.2) is 47.5 Å². The summed E-state index contributed by atoms with van der Waals surface area (Å²) in [5.74, 6) is 2.03. The van der Waals surface area contributed by atoms with Crippen LogP contribution in [0.4, 0.5) is 0 Å². The van der Waals surface area contributed by atoms with Gasteiger partial charge in [-0.25, -0.2) is 4.98 Å². The number of rotatable bonds is 6. The molecule has 0 aliphatic carbocycles. The van der Waals surface area contributed by atoms with Crippen molar-refractivity contribution in [3.63, 3.8) is 0 Å². The lowest BCUT2D eigenvalue weighted by molar-refractivity contribution is 0.355. The second kappa shape index (κ2) is 8.57. The van der Waals surface area contributed by atoms with Gasteiger partial charge < -0.3 is 9.47 Å². The van der Waals surface area contributed by atoms with Gasteiger partial charge in [0.25, 0.3) is 0 Å². The molecule has 8 heteroatoms. The molecule has 0 N–H and O–H groups in total. The van der Waals surface area contributed by atoms with Gasteiger partial charge in [-0.05, 0) is 36.8 Å². The maximum Gasteiger partial charge on any atom is 0.161 e. The van der Waals surface area contributed by atoms with Crippen LogP contribution in [-0.2, 0) is 5.75 Å². The average Bonchev–Trinajstić information content (AvgIpc) is 3.14. The van der Waals surface area contributed by atoms with Crippen molar-refractivity contribution >= 4 is 44.9 Å². The number of thiazole rings is 1. The largest absolute Gasteiger partial charge is 0.493 e. The highest BCUT2D eigenvalue weighted by atomic mass is 35.5. The number of hydrogen-bond donors (Lipinski definition) is 0. The van der Waals surface area contributed by atoms with Gasteiger partial charge in [-0.15, -0.1) is 21.5 Å². The lowest BCUT2D eigenvalue weighted by Gasteiger charge is -2.10. The normalized spacial score (nSPS) is 11.0. The number of halogens is 1. The van der Waals surface area contributed by atoms with Crippen LogP contribution in [0.1, 0.15) is 10.6 Å². The van der Waals surface area contributed by atoms with Crippen molar-refractivity contribution < 1.29 is 9.47 Å². The number of aryl methyl sites for hydroxylation is 1. The number of methoxy groups -OCH3 is 2. The van der Waals surface area contributed by atoms with E-state index in [2.05, 4.69) is 10.2 Å². The Morgan fingerprint density at radius 1 is 1.03 bits per heavy atom. The summed E-state index contributed by atoms with van der Waals surface area (Å²) in [6.45, 7) is 1.99. The highest BCUT2D eigenvalue weighted by molar-refractivity contribution is 7.98. The minimum absolute atomic E-state index is 0.651. The number of benzene rings is 2. The van der Waals surface area contributed by atoms with Gasteiger partial charge in [0.1, 0.15) is 16.2 Å². The zero-order valence-electron chi connectivity index (χ0n) is 16.1. The number of aromatic nitrogens is 3. The van der Waals surface area contributed by atoms with Crippen LogP contribution < -0.4 is 9.47 Å². The van der Waals surface area contributed by atoms with E-state index in [0.717, 1.165) is 42.1 Å². The van der Waals surface area contributed by atoms with Crippen molar-refractivity contribution in [1.82, 2.24) is 15.2 Å². The Morgan fingerprint density at radius 2 is 1.83 bits per heavy atom. The standard InChI is InChI=1S/C21H18ClN3O2S2/c1-12-23-19-20(29-12)18(13-8-9-16(26-2)17(10-13)27-3)24-25-21(19)28-11-14-6-4-5-7-15(14)22/h4-10H,11H2,1-3H3. The lowest BCUT2D eigenvalue weighted by Crippen LogP contribution is -1.95. The summed E-state index contributed by atoms with van der Waals surface area (Å²) < 4.78 is 11.8. The molecule has 0 aliphatic rings. The predicted molar refractivity (Wildman–Crippen MR) is 120 cm³/mol. The van der Waals surface area contributed by atoms with Gasteiger partial charge in [-0.3, -0.25) is 0 Å². The van der Waals surface area contributed by atoms with E-state index in [-0.39, 0.29) is 0 Å². The Hall–Kier alpha value is -2.35. The molecule has 0 amide bonds. The first kappa shape index (κ1) is 19.9. The van der Waals surface area contributed by atoms with E-state index in [9.17, 15) is 0 Å². The molecule has 2 heterocycles. The first-order valence-electron chi connectivity index (χ1n) is 8.83. The van der Waals surface area contributed by atoms with E-state index < -0.39 is 0 Å². The summed E-state index contributed by atoms with van der Waals surface area (Å²) in [5.41, 5.74) is 3.62. The zero-order chi connectivity index (χ0) is 20.4. The third-order valence-corrected chi connectivity index (χ3v) is 6.72. The Balaban J connectivity index is 1.73. The highest BCUT2D eigenvalue weighted by Gasteiger charge is 2.17. The van der Waals surface area contributed by atoms with E-state index in [1.165, 1.54) is 0 Å². The van der Waals surface area contributed by atoms with Crippen LogP contribution in [0.25, 0.3) is 21.5 Å². The van der Waals surface area contributed by atoms with E-state index >= 15 is 0 Å². The molecule has 0 unspecified atom stereocenters. The molecule has 0 saturated carbocycles. The first-order valence-corrected chi connectivity index (χ1v) is 11.0. The third kappa shape index (κ3) is 4.03. The molecule has 0 aliphatic heterocycles. The minimum Gasteiger partial charge on any atom is -0.493 e. The first-order chi connectivity index (χ1) is 14.1. The van der Waals surface area contributed by atoms with Crippen LogP contribution in [0.3, 0.4) is 0 Å². The summed E-state index contributed by atoms with van der Waals surface area (Å²) >= 11 is 9.49. The van der Waals surface area contributed by atoms with Gasteiger partial charge in [0.05, 0.1) is 23.9 Å². The maximum atomic E-state index is 6.29.